The lowest BCUT2D eigenvalue weighted by atomic mass is 10.0. The van der Waals surface area contributed by atoms with Gasteiger partial charge in [-0.15, -0.1) is 0 Å². The number of carboxylic acid groups (broad SMARTS) is 1. The summed E-state index contributed by atoms with van der Waals surface area (Å²) in [7, 11) is 0. The average molecular weight is 419 g/mol. The molecule has 2 atom stereocenters. The van der Waals surface area contributed by atoms with E-state index in [1.165, 1.54) is 6.20 Å². The number of aromatic nitrogens is 1. The van der Waals surface area contributed by atoms with Gasteiger partial charge in [-0.25, -0.2) is 13.6 Å². The van der Waals surface area contributed by atoms with E-state index in [0.717, 1.165) is 18.9 Å². The molecule has 1 saturated heterocycles. The number of hydrogen-bond donors (Lipinski definition) is 2. The Morgan fingerprint density at radius 2 is 1.97 bits per heavy atom. The monoisotopic (exact) mass is 419 g/mol. The first-order valence-electron chi connectivity index (χ1n) is 10.3. The number of nitrogens with zero attached hydrogens (tertiary/aromatic N) is 2. The molecule has 0 spiro atoms. The molecule has 162 valence electrons. The Kier molecular flexibility index (Phi) is 5.08. The summed E-state index contributed by atoms with van der Waals surface area (Å²) in [5.74, 6) is -2.22. The number of anilines is 1. The number of carboxylic acids is 1. The zero-order valence-electron chi connectivity index (χ0n) is 17.4. The van der Waals surface area contributed by atoms with E-state index in [9.17, 15) is 19.1 Å². The lowest BCUT2D eigenvalue weighted by Crippen LogP contribution is -2.30. The third kappa shape index (κ3) is 3.80. The van der Waals surface area contributed by atoms with E-state index >= 15 is 4.39 Å². The lowest BCUT2D eigenvalue weighted by molar-refractivity contribution is 0.0694. The van der Waals surface area contributed by atoms with Crippen molar-refractivity contribution in [2.45, 2.75) is 51.4 Å². The van der Waals surface area contributed by atoms with Crippen molar-refractivity contribution < 1.29 is 18.7 Å². The van der Waals surface area contributed by atoms with Crippen molar-refractivity contribution in [3.8, 4) is 0 Å². The molecule has 0 unspecified atom stereocenters. The van der Waals surface area contributed by atoms with Gasteiger partial charge in [-0.05, 0) is 45.7 Å². The summed E-state index contributed by atoms with van der Waals surface area (Å²) in [5.41, 5.74) is -1.00. The molecule has 0 radical (unpaired) electrons. The van der Waals surface area contributed by atoms with Crippen LogP contribution in [0.5, 0.6) is 0 Å². The number of aromatic carboxylic acids is 1. The second-order valence-electron chi connectivity index (χ2n) is 9.40. The van der Waals surface area contributed by atoms with E-state index < -0.39 is 34.5 Å². The minimum Gasteiger partial charge on any atom is -0.477 e. The summed E-state index contributed by atoms with van der Waals surface area (Å²) in [4.78, 5) is 25.9. The maximum absolute atomic E-state index is 15.0. The van der Waals surface area contributed by atoms with Gasteiger partial charge in [0.15, 0.2) is 0 Å². The second-order valence-corrected chi connectivity index (χ2v) is 9.40. The summed E-state index contributed by atoms with van der Waals surface area (Å²) in [6.45, 7) is 6.66. The molecule has 2 N–H and O–H groups in total. The van der Waals surface area contributed by atoms with Crippen LogP contribution >= 0.6 is 0 Å². The predicted molar refractivity (Wildman–Crippen MR) is 112 cm³/mol. The van der Waals surface area contributed by atoms with Crippen LogP contribution in [0.2, 0.25) is 0 Å². The van der Waals surface area contributed by atoms with E-state index in [0.29, 0.717) is 24.6 Å². The Morgan fingerprint density at radius 3 is 2.57 bits per heavy atom. The summed E-state index contributed by atoms with van der Waals surface area (Å²) in [5, 5.41) is 12.7. The van der Waals surface area contributed by atoms with Crippen molar-refractivity contribution in [3.05, 3.63) is 39.9 Å². The van der Waals surface area contributed by atoms with Crippen molar-refractivity contribution in [1.82, 2.24) is 9.88 Å². The van der Waals surface area contributed by atoms with Gasteiger partial charge in [0, 0.05) is 48.7 Å². The fourth-order valence-electron chi connectivity index (χ4n) is 4.11. The number of rotatable bonds is 5. The molecule has 0 bridgehead atoms. The smallest absolute Gasteiger partial charge is 0.341 e. The van der Waals surface area contributed by atoms with Crippen molar-refractivity contribution in [2.75, 3.05) is 24.5 Å². The number of halogens is 2. The highest BCUT2D eigenvalue weighted by Crippen LogP contribution is 2.32. The van der Waals surface area contributed by atoms with Gasteiger partial charge in [0.05, 0.1) is 11.2 Å². The molecule has 4 rings (SSSR count). The zero-order chi connectivity index (χ0) is 21.8. The fraction of sp³-hybridized carbons (Fsp3) is 0.545. The van der Waals surface area contributed by atoms with Crippen LogP contribution in [0.1, 0.15) is 44.0 Å². The first-order valence-corrected chi connectivity index (χ1v) is 10.3. The number of alkyl halides is 1. The Bertz CT molecular complexity index is 1060. The van der Waals surface area contributed by atoms with E-state index in [2.05, 4.69) is 5.32 Å². The molecule has 1 aromatic carbocycles. The van der Waals surface area contributed by atoms with Crippen LogP contribution < -0.4 is 15.6 Å². The average Bonchev–Trinajstić information content (AvgIpc) is 3.41. The molecule has 2 aromatic rings. The SMILES string of the molecule is CC(C)(C)n1cc(C(=O)O)c(=O)c2cc(F)c(N3C[C@@H](CNC4CC4)[C@H](F)C3)cc21. The topological polar surface area (TPSA) is 74.6 Å². The Labute approximate surface area is 173 Å². The van der Waals surface area contributed by atoms with Gasteiger partial charge in [-0.1, -0.05) is 0 Å². The van der Waals surface area contributed by atoms with E-state index in [1.54, 1.807) is 15.5 Å². The minimum atomic E-state index is -1.35. The first-order chi connectivity index (χ1) is 14.1. The van der Waals surface area contributed by atoms with Crippen LogP contribution in [0.3, 0.4) is 0 Å². The molecule has 1 aliphatic heterocycles. The van der Waals surface area contributed by atoms with Crippen molar-refractivity contribution in [1.29, 1.82) is 0 Å². The third-order valence-electron chi connectivity index (χ3n) is 5.97. The highest BCUT2D eigenvalue weighted by atomic mass is 19.1. The molecule has 30 heavy (non-hydrogen) atoms. The van der Waals surface area contributed by atoms with Gasteiger partial charge in [-0.2, -0.15) is 0 Å². The number of carbonyl (C=O) groups is 1. The first kappa shape index (κ1) is 20.8. The van der Waals surface area contributed by atoms with Crippen LogP contribution in [0.25, 0.3) is 10.9 Å². The third-order valence-corrected chi connectivity index (χ3v) is 5.97. The van der Waals surface area contributed by atoms with Crippen LogP contribution in [-0.4, -0.2) is 47.5 Å². The zero-order valence-corrected chi connectivity index (χ0v) is 17.4. The van der Waals surface area contributed by atoms with Gasteiger partial charge >= 0.3 is 5.97 Å². The fourth-order valence-corrected chi connectivity index (χ4v) is 4.11. The van der Waals surface area contributed by atoms with Crippen molar-refractivity contribution in [2.24, 2.45) is 5.92 Å². The molecule has 6 nitrogen and oxygen atoms in total. The van der Waals surface area contributed by atoms with Gasteiger partial charge in [0.2, 0.25) is 5.43 Å². The molecule has 0 amide bonds. The minimum absolute atomic E-state index is 0.00835. The normalized spacial score (nSPS) is 22.1. The summed E-state index contributed by atoms with van der Waals surface area (Å²) in [6.07, 6.45) is 2.48. The molecule has 1 aliphatic carbocycles. The van der Waals surface area contributed by atoms with Crippen LogP contribution in [0, 0.1) is 11.7 Å². The van der Waals surface area contributed by atoms with Gasteiger partial charge in [0.25, 0.3) is 0 Å². The maximum atomic E-state index is 15.0. The number of benzene rings is 1. The second kappa shape index (κ2) is 7.34. The molecule has 1 aromatic heterocycles. The van der Waals surface area contributed by atoms with E-state index in [-0.39, 0.29) is 23.5 Å². The number of nitrogens with one attached hydrogen (secondary N) is 1. The van der Waals surface area contributed by atoms with Crippen molar-refractivity contribution >= 4 is 22.6 Å². The van der Waals surface area contributed by atoms with Crippen LogP contribution in [0.4, 0.5) is 14.5 Å². The highest BCUT2D eigenvalue weighted by Gasteiger charge is 2.35. The quantitative estimate of drug-likeness (QED) is 0.779. The van der Waals surface area contributed by atoms with Crippen LogP contribution in [-0.2, 0) is 5.54 Å². The summed E-state index contributed by atoms with van der Waals surface area (Å²) >= 11 is 0. The van der Waals surface area contributed by atoms with Crippen molar-refractivity contribution in [3.63, 3.8) is 0 Å². The van der Waals surface area contributed by atoms with Gasteiger partial charge in [-0.3, -0.25) is 4.79 Å². The maximum Gasteiger partial charge on any atom is 0.341 e. The Morgan fingerprint density at radius 1 is 1.27 bits per heavy atom. The predicted octanol–water partition coefficient (Wildman–Crippen LogP) is 3.12. The van der Waals surface area contributed by atoms with Gasteiger partial charge in [0.1, 0.15) is 17.6 Å². The number of fused-ring (bicyclic) bond motifs is 1. The molecule has 2 fully saturated rings. The van der Waals surface area contributed by atoms with Crippen LogP contribution in [0.15, 0.2) is 23.1 Å². The summed E-state index contributed by atoms with van der Waals surface area (Å²) < 4.78 is 31.3. The molecule has 2 aliphatic rings. The largest absolute Gasteiger partial charge is 0.477 e. The Hall–Kier alpha value is -2.48. The van der Waals surface area contributed by atoms with E-state index in [4.69, 9.17) is 0 Å². The van der Waals surface area contributed by atoms with Gasteiger partial charge < -0.3 is 19.9 Å². The Balaban J connectivity index is 1.76. The summed E-state index contributed by atoms with van der Waals surface area (Å²) in [6, 6.07) is 3.12. The molecular weight excluding hydrogens is 392 g/mol. The standard InChI is InChI=1S/C22H27F2N3O3/c1-22(2,3)27-10-15(21(29)30)20(28)14-6-16(23)19(7-18(14)27)26-9-12(17(24)11-26)8-25-13-4-5-13/h6-7,10,12-13,17,25H,4-5,8-9,11H2,1-3H3,(H,29,30)/t12-,17-/m1/s1. The molecular formula is C22H27F2N3O3. The highest BCUT2D eigenvalue weighted by molar-refractivity contribution is 5.93. The number of hydrogen-bond acceptors (Lipinski definition) is 4. The number of pyridine rings is 1. The molecule has 1 saturated carbocycles. The van der Waals surface area contributed by atoms with E-state index in [1.807, 2.05) is 20.8 Å². The lowest BCUT2D eigenvalue weighted by Gasteiger charge is -2.27. The molecule has 2 heterocycles. The molecule has 8 heteroatoms.